The Labute approximate surface area is 171 Å². The third kappa shape index (κ3) is 6.47. The van der Waals surface area contributed by atoms with E-state index in [2.05, 4.69) is 65.8 Å². The van der Waals surface area contributed by atoms with Gasteiger partial charge in [0.2, 0.25) is 0 Å². The van der Waals surface area contributed by atoms with E-state index in [-0.39, 0.29) is 0 Å². The molecule has 0 fully saturated rings. The Hall–Kier alpha value is -3.12. The molecular formula is C23H28N2O4. The Balaban J connectivity index is 0.000000321. The van der Waals surface area contributed by atoms with Gasteiger partial charge in [-0.05, 0) is 49.2 Å². The van der Waals surface area contributed by atoms with Gasteiger partial charge in [0.1, 0.15) is 0 Å². The summed E-state index contributed by atoms with van der Waals surface area (Å²) in [4.78, 5) is 21.5. The largest absolute Gasteiger partial charge is 0.478 e. The number of fused-ring (bicyclic) bond motifs is 2. The predicted octanol–water partition coefficient (Wildman–Crippen LogP) is 3.48. The molecule has 29 heavy (non-hydrogen) atoms. The van der Waals surface area contributed by atoms with Crippen LogP contribution >= 0.6 is 0 Å². The Kier molecular flexibility index (Phi) is 8.43. The number of anilines is 1. The standard InChI is InChI=1S/C19H24N2.C4H4O4/c1-20-13-7-11-17-16-9-4-3-8-15(16)14-21(2)19-12-6-5-10-18(17)19;5-3(6)1-2-4(7)8/h3-6,8-10,12,17,20H,7,11,13-14H2,1-2H3;1-2H,(H,5,6)(H,7,8)/b;2-1+. The van der Waals surface area contributed by atoms with Crippen molar-refractivity contribution in [2.45, 2.75) is 25.3 Å². The molecule has 1 aliphatic rings. The van der Waals surface area contributed by atoms with Gasteiger partial charge in [-0.25, -0.2) is 9.59 Å². The van der Waals surface area contributed by atoms with Gasteiger partial charge >= 0.3 is 11.9 Å². The summed E-state index contributed by atoms with van der Waals surface area (Å²) in [7, 11) is 4.23. The minimum Gasteiger partial charge on any atom is -0.478 e. The van der Waals surface area contributed by atoms with Crippen molar-refractivity contribution in [2.75, 3.05) is 25.5 Å². The summed E-state index contributed by atoms with van der Waals surface area (Å²) in [6.07, 6.45) is 3.51. The fourth-order valence-electron chi connectivity index (χ4n) is 3.59. The molecule has 0 saturated carbocycles. The number of hydrogen-bond donors (Lipinski definition) is 3. The average Bonchev–Trinajstić information content (AvgIpc) is 2.82. The monoisotopic (exact) mass is 396 g/mol. The summed E-state index contributed by atoms with van der Waals surface area (Å²) in [5.41, 5.74) is 5.82. The molecule has 2 aromatic rings. The molecule has 6 heteroatoms. The minimum atomic E-state index is -1.26. The van der Waals surface area contributed by atoms with Gasteiger partial charge < -0.3 is 20.4 Å². The number of carbonyl (C=O) groups is 2. The number of para-hydroxylation sites is 1. The number of carboxylic acids is 2. The van der Waals surface area contributed by atoms with E-state index in [1.807, 2.05) is 7.05 Å². The lowest BCUT2D eigenvalue weighted by Gasteiger charge is -2.22. The van der Waals surface area contributed by atoms with Gasteiger partial charge in [-0.1, -0.05) is 42.5 Å². The Bertz CT molecular complexity index is 847. The van der Waals surface area contributed by atoms with E-state index < -0.39 is 11.9 Å². The molecule has 1 aliphatic heterocycles. The number of aliphatic carboxylic acids is 2. The van der Waals surface area contributed by atoms with Gasteiger partial charge in [0.05, 0.1) is 0 Å². The molecule has 3 N–H and O–H groups in total. The van der Waals surface area contributed by atoms with Crippen molar-refractivity contribution in [2.24, 2.45) is 0 Å². The smallest absolute Gasteiger partial charge is 0.328 e. The van der Waals surface area contributed by atoms with Gasteiger partial charge in [0.15, 0.2) is 0 Å². The quantitative estimate of drug-likeness (QED) is 0.512. The molecule has 1 heterocycles. The van der Waals surface area contributed by atoms with Gasteiger partial charge in [-0.3, -0.25) is 0 Å². The zero-order valence-electron chi connectivity index (χ0n) is 16.8. The summed E-state index contributed by atoms with van der Waals surface area (Å²) < 4.78 is 0. The van der Waals surface area contributed by atoms with Crippen LogP contribution in [-0.2, 0) is 16.1 Å². The summed E-state index contributed by atoms with van der Waals surface area (Å²) in [6, 6.07) is 17.8. The zero-order valence-corrected chi connectivity index (χ0v) is 16.8. The van der Waals surface area contributed by atoms with Crippen molar-refractivity contribution >= 4 is 17.6 Å². The fourth-order valence-corrected chi connectivity index (χ4v) is 3.59. The van der Waals surface area contributed by atoms with E-state index in [0.717, 1.165) is 13.1 Å². The van der Waals surface area contributed by atoms with E-state index in [1.165, 1.54) is 35.2 Å². The predicted molar refractivity (Wildman–Crippen MR) is 114 cm³/mol. The first-order valence-corrected chi connectivity index (χ1v) is 9.60. The van der Waals surface area contributed by atoms with E-state index in [9.17, 15) is 9.59 Å². The lowest BCUT2D eigenvalue weighted by Crippen LogP contribution is -2.16. The van der Waals surface area contributed by atoms with Crippen molar-refractivity contribution in [1.82, 2.24) is 5.32 Å². The van der Waals surface area contributed by atoms with Crippen molar-refractivity contribution in [1.29, 1.82) is 0 Å². The average molecular weight is 396 g/mol. The molecule has 0 saturated heterocycles. The molecule has 0 amide bonds. The summed E-state index contributed by atoms with van der Waals surface area (Å²) in [6.45, 7) is 2.08. The first-order chi connectivity index (χ1) is 13.9. The fraction of sp³-hybridized carbons (Fsp3) is 0.304. The van der Waals surface area contributed by atoms with Crippen molar-refractivity contribution in [3.8, 4) is 0 Å². The van der Waals surface area contributed by atoms with E-state index >= 15 is 0 Å². The number of benzene rings is 2. The maximum Gasteiger partial charge on any atom is 0.328 e. The molecule has 3 rings (SSSR count). The molecule has 1 unspecified atom stereocenters. The normalized spacial score (nSPS) is 15.0. The van der Waals surface area contributed by atoms with Crippen LogP contribution in [0.3, 0.4) is 0 Å². The topological polar surface area (TPSA) is 89.9 Å². The van der Waals surface area contributed by atoms with E-state index in [1.54, 1.807) is 0 Å². The van der Waals surface area contributed by atoms with E-state index in [0.29, 0.717) is 18.1 Å². The molecule has 0 aliphatic carbocycles. The molecule has 154 valence electrons. The van der Waals surface area contributed by atoms with Crippen molar-refractivity contribution < 1.29 is 19.8 Å². The first kappa shape index (κ1) is 22.2. The van der Waals surface area contributed by atoms with Crippen LogP contribution in [0.15, 0.2) is 60.7 Å². The van der Waals surface area contributed by atoms with Crippen LogP contribution in [0.1, 0.15) is 35.4 Å². The summed E-state index contributed by atoms with van der Waals surface area (Å²) in [5, 5.41) is 18.9. The highest BCUT2D eigenvalue weighted by molar-refractivity contribution is 5.89. The van der Waals surface area contributed by atoms with Crippen LogP contribution in [-0.4, -0.2) is 42.8 Å². The second-order valence-electron chi connectivity index (χ2n) is 6.92. The maximum atomic E-state index is 9.55. The lowest BCUT2D eigenvalue weighted by molar-refractivity contribution is -0.134. The van der Waals surface area contributed by atoms with Crippen LogP contribution in [0.25, 0.3) is 0 Å². The molecule has 0 bridgehead atoms. The molecule has 0 radical (unpaired) electrons. The Morgan fingerprint density at radius 2 is 1.62 bits per heavy atom. The number of rotatable bonds is 6. The van der Waals surface area contributed by atoms with Crippen LogP contribution in [0.2, 0.25) is 0 Å². The van der Waals surface area contributed by atoms with E-state index in [4.69, 9.17) is 10.2 Å². The van der Waals surface area contributed by atoms with Crippen molar-refractivity contribution in [3.05, 3.63) is 77.4 Å². The summed E-state index contributed by atoms with van der Waals surface area (Å²) >= 11 is 0. The lowest BCUT2D eigenvalue weighted by atomic mass is 9.85. The number of carboxylic acid groups (broad SMARTS) is 2. The van der Waals surface area contributed by atoms with Crippen LogP contribution in [0, 0.1) is 0 Å². The Morgan fingerprint density at radius 1 is 1.03 bits per heavy atom. The van der Waals surface area contributed by atoms with Gasteiger partial charge in [-0.15, -0.1) is 0 Å². The molecule has 6 nitrogen and oxygen atoms in total. The molecule has 2 aromatic carbocycles. The van der Waals surface area contributed by atoms with Gasteiger partial charge in [0.25, 0.3) is 0 Å². The highest BCUT2D eigenvalue weighted by Gasteiger charge is 2.24. The molecule has 1 atom stereocenters. The minimum absolute atomic E-state index is 0.510. The van der Waals surface area contributed by atoms with Crippen LogP contribution < -0.4 is 10.2 Å². The number of nitrogens with one attached hydrogen (secondary N) is 1. The second kappa shape index (κ2) is 11.0. The number of hydrogen-bond acceptors (Lipinski definition) is 4. The third-order valence-corrected chi connectivity index (χ3v) is 4.85. The zero-order chi connectivity index (χ0) is 21.2. The Morgan fingerprint density at radius 3 is 2.24 bits per heavy atom. The maximum absolute atomic E-state index is 9.55. The highest BCUT2D eigenvalue weighted by atomic mass is 16.4. The molecule has 0 aromatic heterocycles. The van der Waals surface area contributed by atoms with Gasteiger partial charge in [0, 0.05) is 37.3 Å². The van der Waals surface area contributed by atoms with Gasteiger partial charge in [-0.2, -0.15) is 0 Å². The third-order valence-electron chi connectivity index (χ3n) is 4.85. The second-order valence-corrected chi connectivity index (χ2v) is 6.92. The number of nitrogens with zero attached hydrogens (tertiary/aromatic N) is 1. The SMILES string of the molecule is CNCCCC1c2ccccc2CN(C)c2ccccc21.O=C(O)/C=C/C(=O)O. The molecular weight excluding hydrogens is 368 g/mol. The summed E-state index contributed by atoms with van der Waals surface area (Å²) in [5.74, 6) is -2.00. The van der Waals surface area contributed by atoms with Crippen LogP contribution in [0.4, 0.5) is 5.69 Å². The first-order valence-electron chi connectivity index (χ1n) is 9.60. The van der Waals surface area contributed by atoms with Crippen molar-refractivity contribution in [3.63, 3.8) is 0 Å². The molecule has 0 spiro atoms. The van der Waals surface area contributed by atoms with Crippen LogP contribution in [0.5, 0.6) is 0 Å². The highest BCUT2D eigenvalue weighted by Crippen LogP contribution is 2.40.